The molecule has 1 aliphatic rings. The van der Waals surface area contributed by atoms with Crippen LogP contribution in [0.15, 0.2) is 48.5 Å². The Kier molecular flexibility index (Phi) is 5.23. The minimum absolute atomic E-state index is 0.0394. The third-order valence-corrected chi connectivity index (χ3v) is 4.98. The average molecular weight is 360 g/mol. The number of carboxylic acid groups (broad SMARTS) is 1. The highest BCUT2D eigenvalue weighted by Gasteiger charge is 2.36. The fourth-order valence-electron chi connectivity index (χ4n) is 3.65. The van der Waals surface area contributed by atoms with Gasteiger partial charge in [-0.15, -0.1) is 0 Å². The van der Waals surface area contributed by atoms with Gasteiger partial charge < -0.3 is 10.0 Å². The highest BCUT2D eigenvalue weighted by atomic mass is 19.1. The number of hydrogen-bond acceptors (Lipinski definition) is 2. The molecule has 0 saturated carbocycles. The molecule has 1 N–H and O–H groups in total. The molecule has 0 radical (unpaired) electrons. The summed E-state index contributed by atoms with van der Waals surface area (Å²) in [6.07, 6.45) is -0.927. The Morgan fingerprint density at radius 3 is 1.81 bits per heavy atom. The summed E-state index contributed by atoms with van der Waals surface area (Å²) in [4.78, 5) is 15.1. The summed E-state index contributed by atoms with van der Waals surface area (Å²) >= 11 is 0. The van der Waals surface area contributed by atoms with Crippen molar-refractivity contribution in [1.82, 2.24) is 9.80 Å². The van der Waals surface area contributed by atoms with Crippen molar-refractivity contribution in [2.75, 3.05) is 13.1 Å². The summed E-state index contributed by atoms with van der Waals surface area (Å²) < 4.78 is 26.8. The lowest BCUT2D eigenvalue weighted by Crippen LogP contribution is -2.58. The van der Waals surface area contributed by atoms with Gasteiger partial charge in [0, 0.05) is 25.2 Å². The molecular weight excluding hydrogens is 338 g/mol. The van der Waals surface area contributed by atoms with E-state index in [1.807, 2.05) is 13.8 Å². The van der Waals surface area contributed by atoms with Crippen molar-refractivity contribution in [3.8, 4) is 0 Å². The van der Waals surface area contributed by atoms with Crippen LogP contribution in [0.25, 0.3) is 0 Å². The van der Waals surface area contributed by atoms with E-state index in [2.05, 4.69) is 4.90 Å². The molecular formula is C20H22F2N2O2. The highest BCUT2D eigenvalue weighted by molar-refractivity contribution is 5.65. The van der Waals surface area contributed by atoms with Gasteiger partial charge in [-0.1, -0.05) is 24.3 Å². The van der Waals surface area contributed by atoms with Gasteiger partial charge in [0.05, 0.1) is 6.04 Å². The minimum Gasteiger partial charge on any atom is -0.465 e. The van der Waals surface area contributed by atoms with Gasteiger partial charge in [0.15, 0.2) is 0 Å². The van der Waals surface area contributed by atoms with E-state index >= 15 is 0 Å². The van der Waals surface area contributed by atoms with Crippen molar-refractivity contribution in [1.29, 1.82) is 0 Å². The van der Waals surface area contributed by atoms with Gasteiger partial charge in [0.25, 0.3) is 0 Å². The number of nitrogens with zero attached hydrogens (tertiary/aromatic N) is 2. The quantitative estimate of drug-likeness (QED) is 0.895. The Bertz CT molecular complexity index is 719. The molecule has 138 valence electrons. The van der Waals surface area contributed by atoms with Crippen LogP contribution in [-0.2, 0) is 0 Å². The Hall–Kier alpha value is -2.47. The van der Waals surface area contributed by atoms with Crippen molar-refractivity contribution in [2.45, 2.75) is 32.0 Å². The van der Waals surface area contributed by atoms with E-state index in [0.717, 1.165) is 11.1 Å². The maximum absolute atomic E-state index is 13.4. The fraction of sp³-hybridized carbons (Fsp3) is 0.350. The molecule has 0 bridgehead atoms. The molecule has 2 aromatic carbocycles. The molecule has 6 heteroatoms. The van der Waals surface area contributed by atoms with Crippen molar-refractivity contribution in [3.63, 3.8) is 0 Å². The summed E-state index contributed by atoms with van der Waals surface area (Å²) in [6.45, 7) is 4.77. The molecule has 1 heterocycles. The van der Waals surface area contributed by atoms with Crippen LogP contribution in [0.5, 0.6) is 0 Å². The van der Waals surface area contributed by atoms with Gasteiger partial charge in [0.2, 0.25) is 0 Å². The van der Waals surface area contributed by atoms with Crippen LogP contribution in [-0.4, -0.2) is 46.2 Å². The topological polar surface area (TPSA) is 43.8 Å². The Balaban J connectivity index is 1.99. The summed E-state index contributed by atoms with van der Waals surface area (Å²) in [6, 6.07) is 12.1. The Morgan fingerprint density at radius 1 is 0.923 bits per heavy atom. The van der Waals surface area contributed by atoms with Crippen molar-refractivity contribution in [3.05, 3.63) is 71.3 Å². The zero-order valence-electron chi connectivity index (χ0n) is 14.8. The first-order valence-electron chi connectivity index (χ1n) is 8.63. The fourth-order valence-corrected chi connectivity index (χ4v) is 3.65. The lowest BCUT2D eigenvalue weighted by molar-refractivity contribution is 0.0280. The minimum atomic E-state index is -0.927. The highest BCUT2D eigenvalue weighted by Crippen LogP contribution is 2.33. The molecule has 0 unspecified atom stereocenters. The van der Waals surface area contributed by atoms with E-state index in [0.29, 0.717) is 13.1 Å². The second kappa shape index (κ2) is 7.41. The first-order chi connectivity index (χ1) is 12.4. The van der Waals surface area contributed by atoms with E-state index in [4.69, 9.17) is 0 Å². The van der Waals surface area contributed by atoms with E-state index in [-0.39, 0.29) is 29.8 Å². The third kappa shape index (κ3) is 3.70. The van der Waals surface area contributed by atoms with Crippen LogP contribution in [0, 0.1) is 11.6 Å². The Labute approximate surface area is 151 Å². The first kappa shape index (κ1) is 18.3. The molecule has 0 aliphatic carbocycles. The number of rotatable bonds is 3. The zero-order valence-corrected chi connectivity index (χ0v) is 14.8. The maximum atomic E-state index is 13.4. The van der Waals surface area contributed by atoms with Crippen molar-refractivity contribution >= 4 is 6.09 Å². The number of piperazine rings is 1. The summed E-state index contributed by atoms with van der Waals surface area (Å²) in [5, 5.41) is 9.37. The molecule has 0 aromatic heterocycles. The molecule has 1 amide bonds. The van der Waals surface area contributed by atoms with Gasteiger partial charge in [-0.3, -0.25) is 4.90 Å². The largest absolute Gasteiger partial charge is 0.465 e. The summed E-state index contributed by atoms with van der Waals surface area (Å²) in [7, 11) is 0. The predicted octanol–water partition coefficient (Wildman–Crippen LogP) is 4.13. The lowest BCUT2D eigenvalue weighted by atomic mass is 9.93. The third-order valence-electron chi connectivity index (χ3n) is 4.98. The van der Waals surface area contributed by atoms with Crippen LogP contribution in [0.4, 0.5) is 13.6 Å². The maximum Gasteiger partial charge on any atom is 0.407 e. The standard InChI is InChI=1S/C20H22F2N2O2/c1-13-12-24(20(25)26)14(2)11-23(13)19(15-3-7-17(21)8-4-15)16-5-9-18(22)10-6-16/h3-10,13-14,19H,11-12H2,1-2H3,(H,25,26)/t13-,14-/m1/s1. The summed E-state index contributed by atoms with van der Waals surface area (Å²) in [5.74, 6) is -0.632. The first-order valence-corrected chi connectivity index (χ1v) is 8.63. The van der Waals surface area contributed by atoms with Gasteiger partial charge in [-0.05, 0) is 49.2 Å². The van der Waals surface area contributed by atoms with Gasteiger partial charge in [-0.25, -0.2) is 13.6 Å². The van der Waals surface area contributed by atoms with Crippen LogP contribution in [0.3, 0.4) is 0 Å². The van der Waals surface area contributed by atoms with E-state index in [9.17, 15) is 18.7 Å². The predicted molar refractivity (Wildman–Crippen MR) is 95.0 cm³/mol. The molecule has 1 fully saturated rings. The van der Waals surface area contributed by atoms with Gasteiger partial charge >= 0.3 is 6.09 Å². The number of hydrogen-bond donors (Lipinski definition) is 1. The molecule has 4 nitrogen and oxygen atoms in total. The SMILES string of the molecule is C[C@@H]1CN(C(c2ccc(F)cc2)c2ccc(F)cc2)[C@H](C)CN1C(=O)O. The molecule has 1 aliphatic heterocycles. The lowest BCUT2D eigenvalue weighted by Gasteiger charge is -2.46. The van der Waals surface area contributed by atoms with E-state index < -0.39 is 6.09 Å². The van der Waals surface area contributed by atoms with Crippen LogP contribution in [0.1, 0.15) is 31.0 Å². The number of halogens is 2. The van der Waals surface area contributed by atoms with Gasteiger partial charge in [-0.2, -0.15) is 0 Å². The number of benzene rings is 2. The van der Waals surface area contributed by atoms with E-state index in [1.54, 1.807) is 24.3 Å². The second-order valence-electron chi connectivity index (χ2n) is 6.84. The van der Waals surface area contributed by atoms with Crippen LogP contribution < -0.4 is 0 Å². The molecule has 2 atom stereocenters. The summed E-state index contributed by atoms with van der Waals surface area (Å²) in [5.41, 5.74) is 1.78. The molecule has 2 aromatic rings. The smallest absolute Gasteiger partial charge is 0.407 e. The van der Waals surface area contributed by atoms with Crippen molar-refractivity contribution < 1.29 is 18.7 Å². The van der Waals surface area contributed by atoms with E-state index in [1.165, 1.54) is 29.2 Å². The van der Waals surface area contributed by atoms with Gasteiger partial charge in [0.1, 0.15) is 11.6 Å². The monoisotopic (exact) mass is 360 g/mol. The zero-order chi connectivity index (χ0) is 18.8. The normalized spacial score (nSPS) is 21.2. The molecule has 1 saturated heterocycles. The molecule has 3 rings (SSSR count). The average Bonchev–Trinajstić information content (AvgIpc) is 2.60. The van der Waals surface area contributed by atoms with Crippen LogP contribution in [0.2, 0.25) is 0 Å². The number of carbonyl (C=O) groups is 1. The van der Waals surface area contributed by atoms with Crippen LogP contribution >= 0.6 is 0 Å². The molecule has 26 heavy (non-hydrogen) atoms. The Morgan fingerprint density at radius 2 is 1.38 bits per heavy atom. The van der Waals surface area contributed by atoms with Crippen molar-refractivity contribution in [2.24, 2.45) is 0 Å². The molecule has 0 spiro atoms. The number of amides is 1. The second-order valence-corrected chi connectivity index (χ2v) is 6.84.